The number of allylic oxidation sites excluding steroid dienone is 3. The second-order valence-corrected chi connectivity index (χ2v) is 17.7. The number of likely N-dealkylation sites (N-methyl/N-ethyl adjacent to an activating group) is 2. The summed E-state index contributed by atoms with van der Waals surface area (Å²) >= 11 is 0. The SMILES string of the molecule is CCC(C)C(C(CC(=O)N1CCCC1C(OC)C(C)C(=O)NC(Cc1ccccc1)C(=O)NC1C=CC=C(N)C=C1)OC)N(C)C(=O)[C@@H](NC(=O)C(C(C)C)N(C)C)C(C)C. The second kappa shape index (κ2) is 24.2. The fourth-order valence-electron chi connectivity index (χ4n) is 8.76. The van der Waals surface area contributed by atoms with Gasteiger partial charge in [-0.05, 0) is 62.4 Å². The summed E-state index contributed by atoms with van der Waals surface area (Å²) in [5.41, 5.74) is 7.38. The molecule has 2 aliphatic rings. The van der Waals surface area contributed by atoms with Crippen LogP contribution < -0.4 is 21.7 Å². The summed E-state index contributed by atoms with van der Waals surface area (Å²) in [7, 11) is 8.53. The van der Waals surface area contributed by atoms with Crippen molar-refractivity contribution in [1.82, 2.24) is 30.7 Å². The number of carbonyl (C=O) groups is 5. The number of nitrogens with two attached hydrogens (primary N) is 1. The summed E-state index contributed by atoms with van der Waals surface area (Å²) in [6.45, 7) is 14.1. The van der Waals surface area contributed by atoms with E-state index in [4.69, 9.17) is 15.2 Å². The quantitative estimate of drug-likeness (QED) is 0.135. The summed E-state index contributed by atoms with van der Waals surface area (Å²) in [6.07, 6.45) is 9.86. The maximum atomic E-state index is 14.4. The first-order valence-electron chi connectivity index (χ1n) is 21.9. The van der Waals surface area contributed by atoms with Crippen LogP contribution in [0.1, 0.15) is 79.7 Å². The lowest BCUT2D eigenvalue weighted by Crippen LogP contribution is -2.59. The van der Waals surface area contributed by atoms with Crippen LogP contribution in [0.25, 0.3) is 0 Å². The van der Waals surface area contributed by atoms with Gasteiger partial charge in [0.2, 0.25) is 29.5 Å². The highest BCUT2D eigenvalue weighted by molar-refractivity contribution is 5.91. The highest BCUT2D eigenvalue weighted by Gasteiger charge is 2.43. The molecule has 9 unspecified atom stereocenters. The lowest BCUT2D eigenvalue weighted by Gasteiger charge is -2.41. The Balaban J connectivity index is 1.81. The Kier molecular flexibility index (Phi) is 20.2. The molecule has 3 rings (SSSR count). The van der Waals surface area contributed by atoms with Gasteiger partial charge in [-0.15, -0.1) is 0 Å². The van der Waals surface area contributed by atoms with Gasteiger partial charge in [-0.1, -0.05) is 103 Å². The zero-order valence-corrected chi connectivity index (χ0v) is 38.7. The smallest absolute Gasteiger partial charge is 0.245 e. The van der Waals surface area contributed by atoms with Gasteiger partial charge in [0, 0.05) is 39.9 Å². The number of rotatable bonds is 22. The number of nitrogens with one attached hydrogen (secondary N) is 3. The van der Waals surface area contributed by atoms with Gasteiger partial charge in [0.1, 0.15) is 12.1 Å². The van der Waals surface area contributed by atoms with Crippen molar-refractivity contribution in [3.05, 3.63) is 72.0 Å². The standard InChI is InChI=1S/C47H75N7O7/c1-13-31(6)42(53(10)47(59)40(29(2)3)51-46(58)41(30(4)5)52(8)9)38(60-11)28-39(55)54-26-18-23-37(54)43(61-12)32(7)44(56)50-36(27-33-19-15-14-16-20-33)45(57)49-35-22-17-21-34(48)24-25-35/h14-17,19-22,24-25,29-32,35-38,40-43H,13,18,23,26-28,48H2,1-12H3,(H,49,57)(H,50,56)(H,51,58)/t31?,32?,35?,36?,37?,38?,40-,41?,42?,43?/m0/s1. The van der Waals surface area contributed by atoms with Gasteiger partial charge >= 0.3 is 0 Å². The third-order valence-electron chi connectivity index (χ3n) is 12.3. The van der Waals surface area contributed by atoms with Gasteiger partial charge in [0.05, 0.1) is 48.7 Å². The highest BCUT2D eigenvalue weighted by atomic mass is 16.5. The summed E-state index contributed by atoms with van der Waals surface area (Å²) in [5.74, 6) is -2.28. The number of carbonyl (C=O) groups excluding carboxylic acids is 5. The van der Waals surface area contributed by atoms with Crippen LogP contribution in [0.15, 0.2) is 66.4 Å². The Bertz CT molecular complexity index is 1690. The van der Waals surface area contributed by atoms with Crippen molar-refractivity contribution in [1.29, 1.82) is 0 Å². The van der Waals surface area contributed by atoms with Crippen LogP contribution in [0, 0.1) is 23.7 Å². The fraction of sp³-hybridized carbons (Fsp3) is 0.638. The predicted octanol–water partition coefficient (Wildman–Crippen LogP) is 3.81. The topological polar surface area (TPSA) is 176 Å². The zero-order valence-electron chi connectivity index (χ0n) is 38.7. The van der Waals surface area contributed by atoms with Crippen LogP contribution >= 0.6 is 0 Å². The first-order valence-corrected chi connectivity index (χ1v) is 21.9. The fourth-order valence-corrected chi connectivity index (χ4v) is 8.76. The second-order valence-electron chi connectivity index (χ2n) is 17.7. The van der Waals surface area contributed by atoms with Crippen LogP contribution in [0.2, 0.25) is 0 Å². The van der Waals surface area contributed by atoms with Crippen molar-refractivity contribution in [2.75, 3.05) is 41.9 Å². The normalized spacial score (nSPS) is 20.5. The monoisotopic (exact) mass is 850 g/mol. The van der Waals surface area contributed by atoms with Gasteiger partial charge in [-0.2, -0.15) is 0 Å². The molecule has 0 radical (unpaired) electrons. The Hall–Kier alpha value is -4.53. The lowest BCUT2D eigenvalue weighted by molar-refractivity contribution is -0.148. The van der Waals surface area contributed by atoms with E-state index >= 15 is 0 Å². The van der Waals surface area contributed by atoms with E-state index in [0.29, 0.717) is 18.7 Å². The van der Waals surface area contributed by atoms with Crippen molar-refractivity contribution >= 4 is 29.5 Å². The molecule has 0 saturated carbocycles. The maximum absolute atomic E-state index is 14.4. The summed E-state index contributed by atoms with van der Waals surface area (Å²) in [6, 6.07) is 6.10. The minimum absolute atomic E-state index is 0.00402. The molecule has 1 aromatic rings. The van der Waals surface area contributed by atoms with Crippen LogP contribution in [-0.4, -0.2) is 135 Å². The number of amides is 5. The number of likely N-dealkylation sites (tertiary alicyclic amines) is 1. The van der Waals surface area contributed by atoms with E-state index in [1.807, 2.05) is 96.9 Å². The molecule has 1 fully saturated rings. The molecular formula is C47H75N7O7. The molecule has 0 spiro atoms. The van der Waals surface area contributed by atoms with Crippen LogP contribution in [-0.2, 0) is 39.9 Å². The molecule has 10 atom stereocenters. The Morgan fingerprint density at radius 1 is 0.885 bits per heavy atom. The van der Waals surface area contributed by atoms with Crippen molar-refractivity contribution in [2.45, 2.75) is 129 Å². The number of hydrogen-bond acceptors (Lipinski definition) is 9. The number of ether oxygens (including phenoxy) is 2. The van der Waals surface area contributed by atoms with Crippen LogP contribution in [0.4, 0.5) is 0 Å². The van der Waals surface area contributed by atoms with E-state index in [9.17, 15) is 24.0 Å². The van der Waals surface area contributed by atoms with E-state index in [1.165, 1.54) is 7.11 Å². The number of nitrogens with zero attached hydrogens (tertiary/aromatic N) is 3. The molecule has 1 aromatic carbocycles. The molecule has 0 aromatic heterocycles. The molecule has 1 aliphatic heterocycles. The number of hydrogen-bond donors (Lipinski definition) is 4. The minimum atomic E-state index is -0.889. The molecule has 14 nitrogen and oxygen atoms in total. The molecule has 61 heavy (non-hydrogen) atoms. The van der Waals surface area contributed by atoms with E-state index in [0.717, 1.165) is 18.4 Å². The number of benzene rings is 1. The molecule has 340 valence electrons. The summed E-state index contributed by atoms with van der Waals surface area (Å²) in [5, 5.41) is 9.04. The van der Waals surface area contributed by atoms with E-state index < -0.39 is 54.4 Å². The van der Waals surface area contributed by atoms with Gasteiger partial charge in [-0.25, -0.2) is 0 Å². The molecular weight excluding hydrogens is 775 g/mol. The Morgan fingerprint density at radius 2 is 1.56 bits per heavy atom. The lowest BCUT2D eigenvalue weighted by atomic mass is 9.89. The molecule has 1 saturated heterocycles. The van der Waals surface area contributed by atoms with Crippen molar-refractivity contribution in [2.24, 2.45) is 29.4 Å². The summed E-state index contributed by atoms with van der Waals surface area (Å²) < 4.78 is 12.1. The highest BCUT2D eigenvalue weighted by Crippen LogP contribution is 2.30. The largest absolute Gasteiger partial charge is 0.399 e. The van der Waals surface area contributed by atoms with Crippen molar-refractivity contribution in [3.63, 3.8) is 0 Å². The predicted molar refractivity (Wildman–Crippen MR) is 240 cm³/mol. The molecule has 0 bridgehead atoms. The average Bonchev–Trinajstić information content (AvgIpc) is 3.61. The summed E-state index contributed by atoms with van der Waals surface area (Å²) in [4.78, 5) is 75.4. The average molecular weight is 850 g/mol. The van der Waals surface area contributed by atoms with Crippen LogP contribution in [0.5, 0.6) is 0 Å². The van der Waals surface area contributed by atoms with Crippen molar-refractivity contribution in [3.8, 4) is 0 Å². The first kappa shape index (κ1) is 50.8. The maximum Gasteiger partial charge on any atom is 0.245 e. The Labute approximate surface area is 365 Å². The van der Waals surface area contributed by atoms with E-state index in [-0.39, 0.29) is 60.1 Å². The van der Waals surface area contributed by atoms with E-state index in [2.05, 4.69) is 16.0 Å². The van der Waals surface area contributed by atoms with Crippen molar-refractivity contribution < 1.29 is 33.4 Å². The van der Waals surface area contributed by atoms with Crippen LogP contribution in [0.3, 0.4) is 0 Å². The zero-order chi connectivity index (χ0) is 45.6. The van der Waals surface area contributed by atoms with Gasteiger partial charge in [0.15, 0.2) is 0 Å². The molecule has 1 heterocycles. The van der Waals surface area contributed by atoms with Gasteiger partial charge < -0.3 is 41.0 Å². The third kappa shape index (κ3) is 14.0. The van der Waals surface area contributed by atoms with Gasteiger partial charge in [-0.3, -0.25) is 28.9 Å². The number of methoxy groups -OCH3 is 2. The van der Waals surface area contributed by atoms with E-state index in [1.54, 1.807) is 55.2 Å². The molecule has 5 N–H and O–H groups in total. The minimum Gasteiger partial charge on any atom is -0.399 e. The Morgan fingerprint density at radius 3 is 2.13 bits per heavy atom. The molecule has 1 aliphatic carbocycles. The third-order valence-corrected chi connectivity index (χ3v) is 12.3. The first-order chi connectivity index (χ1) is 28.9. The molecule has 14 heteroatoms. The van der Waals surface area contributed by atoms with Gasteiger partial charge in [0.25, 0.3) is 0 Å². The molecule has 5 amide bonds.